The van der Waals surface area contributed by atoms with Crippen LogP contribution in [0.4, 0.5) is 0 Å². The molecule has 0 aliphatic heterocycles. The van der Waals surface area contributed by atoms with E-state index in [1.165, 1.54) is 10.9 Å². The van der Waals surface area contributed by atoms with Crippen LogP contribution in [-0.2, 0) is 13.1 Å². The average Bonchev–Trinajstić information content (AvgIpc) is 2.96. The topological polar surface area (TPSA) is 67.1 Å². The Labute approximate surface area is 125 Å². The number of phenols is 1. The number of aryl methyl sites for hydroxylation is 1. The zero-order chi connectivity index (χ0) is 14.8. The van der Waals surface area contributed by atoms with Gasteiger partial charge in [-0.15, -0.1) is 11.3 Å². The summed E-state index contributed by atoms with van der Waals surface area (Å²) in [5.74, 6) is 0.144. The number of benzene rings is 1. The van der Waals surface area contributed by atoms with Gasteiger partial charge in [-0.1, -0.05) is 6.07 Å². The third kappa shape index (κ3) is 2.84. The highest BCUT2D eigenvalue weighted by Gasteiger charge is 2.11. The van der Waals surface area contributed by atoms with E-state index in [0.717, 1.165) is 17.5 Å². The Morgan fingerprint density at radius 3 is 2.90 bits per heavy atom. The molecule has 3 rings (SSSR count). The first-order chi connectivity index (χ1) is 10.1. The highest BCUT2D eigenvalue weighted by Crippen LogP contribution is 2.26. The van der Waals surface area contributed by atoms with Gasteiger partial charge in [-0.25, -0.2) is 4.79 Å². The summed E-state index contributed by atoms with van der Waals surface area (Å²) in [4.78, 5) is 13.0. The number of fused-ring (bicyclic) bond motifs is 1. The first-order valence-corrected chi connectivity index (χ1v) is 7.62. The predicted molar refractivity (Wildman–Crippen MR) is 82.5 cm³/mol. The molecule has 0 radical (unpaired) electrons. The van der Waals surface area contributed by atoms with E-state index < -0.39 is 0 Å². The normalized spacial score (nSPS) is 11.1. The number of hydrogen-bond acceptors (Lipinski definition) is 4. The summed E-state index contributed by atoms with van der Waals surface area (Å²) in [5, 5.41) is 14.8. The molecule has 3 N–H and O–H groups in total. The van der Waals surface area contributed by atoms with Crippen molar-refractivity contribution >= 4 is 22.3 Å². The summed E-state index contributed by atoms with van der Waals surface area (Å²) >= 11 is 1.72. The minimum atomic E-state index is -0.379. The van der Waals surface area contributed by atoms with Gasteiger partial charge in [-0.2, -0.15) is 0 Å². The number of nitrogens with two attached hydrogens (primary N) is 1. The SMILES string of the molecule is Cc1c(O)ccc2c(C[NH2+]Cc3cccs3)cc(=O)oc12. The summed E-state index contributed by atoms with van der Waals surface area (Å²) in [7, 11) is 0. The fraction of sp³-hybridized carbons (Fsp3) is 0.188. The molecule has 0 amide bonds. The van der Waals surface area contributed by atoms with Crippen LogP contribution < -0.4 is 10.9 Å². The zero-order valence-electron chi connectivity index (χ0n) is 11.6. The summed E-state index contributed by atoms with van der Waals surface area (Å²) in [6, 6.07) is 9.10. The van der Waals surface area contributed by atoms with Crippen LogP contribution in [0.3, 0.4) is 0 Å². The molecular formula is C16H16NO3S+. The lowest BCUT2D eigenvalue weighted by Gasteiger charge is -2.07. The summed E-state index contributed by atoms with van der Waals surface area (Å²) in [6.45, 7) is 3.33. The number of thiophene rings is 1. The van der Waals surface area contributed by atoms with Crippen LogP contribution >= 0.6 is 11.3 Å². The van der Waals surface area contributed by atoms with Crippen LogP contribution in [-0.4, -0.2) is 5.11 Å². The number of aromatic hydroxyl groups is 1. The molecule has 21 heavy (non-hydrogen) atoms. The largest absolute Gasteiger partial charge is 0.508 e. The van der Waals surface area contributed by atoms with E-state index in [9.17, 15) is 9.90 Å². The van der Waals surface area contributed by atoms with Crippen molar-refractivity contribution < 1.29 is 14.8 Å². The van der Waals surface area contributed by atoms with Crippen LogP contribution in [0.25, 0.3) is 11.0 Å². The fourth-order valence-corrected chi connectivity index (χ4v) is 3.09. The van der Waals surface area contributed by atoms with Crippen molar-refractivity contribution in [3.8, 4) is 5.75 Å². The molecule has 0 unspecified atom stereocenters. The lowest BCUT2D eigenvalue weighted by Crippen LogP contribution is -2.80. The Bertz CT molecular complexity index is 821. The minimum absolute atomic E-state index is 0.144. The van der Waals surface area contributed by atoms with Gasteiger partial charge in [0.25, 0.3) is 0 Å². The molecule has 5 heteroatoms. The lowest BCUT2D eigenvalue weighted by molar-refractivity contribution is -0.685. The third-order valence-corrected chi connectivity index (χ3v) is 4.41. The predicted octanol–water partition coefficient (Wildman–Crippen LogP) is 2.13. The summed E-state index contributed by atoms with van der Waals surface area (Å²) in [6.07, 6.45) is 0. The van der Waals surface area contributed by atoms with Gasteiger partial charge in [0.1, 0.15) is 24.4 Å². The number of phenolic OH excluding ortho intramolecular Hbond substituents is 1. The molecule has 0 fully saturated rings. The highest BCUT2D eigenvalue weighted by atomic mass is 32.1. The Morgan fingerprint density at radius 1 is 1.29 bits per heavy atom. The second-order valence-electron chi connectivity index (χ2n) is 4.95. The Hall–Kier alpha value is -2.11. The molecular weight excluding hydrogens is 286 g/mol. The van der Waals surface area contributed by atoms with E-state index >= 15 is 0 Å². The minimum Gasteiger partial charge on any atom is -0.508 e. The van der Waals surface area contributed by atoms with E-state index in [-0.39, 0.29) is 11.4 Å². The van der Waals surface area contributed by atoms with Crippen LogP contribution in [0.2, 0.25) is 0 Å². The van der Waals surface area contributed by atoms with E-state index in [0.29, 0.717) is 17.7 Å². The molecule has 3 aromatic rings. The van der Waals surface area contributed by atoms with Crippen LogP contribution in [0.5, 0.6) is 5.75 Å². The van der Waals surface area contributed by atoms with Crippen molar-refractivity contribution in [3.63, 3.8) is 0 Å². The van der Waals surface area contributed by atoms with Crippen molar-refractivity contribution in [3.05, 3.63) is 62.1 Å². The molecule has 0 atom stereocenters. The lowest BCUT2D eigenvalue weighted by atomic mass is 10.1. The second kappa shape index (κ2) is 5.71. The third-order valence-electron chi connectivity index (χ3n) is 3.51. The molecule has 0 spiro atoms. The van der Waals surface area contributed by atoms with Crippen molar-refractivity contribution in [2.45, 2.75) is 20.0 Å². The molecule has 0 bridgehead atoms. The second-order valence-corrected chi connectivity index (χ2v) is 5.99. The van der Waals surface area contributed by atoms with Crippen molar-refractivity contribution in [2.75, 3.05) is 0 Å². The van der Waals surface area contributed by atoms with Crippen molar-refractivity contribution in [1.29, 1.82) is 0 Å². The Morgan fingerprint density at radius 2 is 2.14 bits per heavy atom. The quantitative estimate of drug-likeness (QED) is 0.726. The molecule has 1 aromatic carbocycles. The first-order valence-electron chi connectivity index (χ1n) is 6.74. The van der Waals surface area contributed by atoms with Gasteiger partial charge in [0.2, 0.25) is 0 Å². The standard InChI is InChI=1S/C16H15NO3S/c1-10-14(18)5-4-13-11(7-15(19)20-16(10)13)8-17-9-12-3-2-6-21-12/h2-7,17-18H,8-9H2,1H3/p+1. The van der Waals surface area contributed by atoms with E-state index in [4.69, 9.17) is 4.42 Å². The maximum Gasteiger partial charge on any atom is 0.336 e. The van der Waals surface area contributed by atoms with Crippen molar-refractivity contribution in [2.24, 2.45) is 0 Å². The molecule has 2 aromatic heterocycles. The molecule has 108 valence electrons. The van der Waals surface area contributed by atoms with Gasteiger partial charge < -0.3 is 14.8 Å². The van der Waals surface area contributed by atoms with Crippen molar-refractivity contribution in [1.82, 2.24) is 0 Å². The Balaban J connectivity index is 1.91. The molecule has 0 saturated heterocycles. The smallest absolute Gasteiger partial charge is 0.336 e. The fourth-order valence-electron chi connectivity index (χ4n) is 2.38. The maximum atomic E-state index is 11.7. The van der Waals surface area contributed by atoms with E-state index in [1.54, 1.807) is 30.4 Å². The molecule has 2 heterocycles. The summed E-state index contributed by atoms with van der Waals surface area (Å²) in [5.41, 5.74) is 1.63. The van der Waals surface area contributed by atoms with E-state index in [2.05, 4.69) is 16.8 Å². The molecule has 0 saturated carbocycles. The molecule has 4 nitrogen and oxygen atoms in total. The maximum absolute atomic E-state index is 11.7. The van der Waals surface area contributed by atoms with Crippen LogP contribution in [0.15, 0.2) is 44.9 Å². The summed E-state index contributed by atoms with van der Waals surface area (Å²) < 4.78 is 5.24. The van der Waals surface area contributed by atoms with Gasteiger partial charge in [0.15, 0.2) is 0 Å². The molecule has 0 aliphatic carbocycles. The number of quaternary nitrogens is 1. The van der Waals surface area contributed by atoms with Gasteiger partial charge in [0, 0.05) is 22.6 Å². The van der Waals surface area contributed by atoms with Gasteiger partial charge in [0.05, 0.1) is 4.88 Å². The van der Waals surface area contributed by atoms with Crippen LogP contribution in [0.1, 0.15) is 16.0 Å². The Kier molecular flexibility index (Phi) is 3.77. The van der Waals surface area contributed by atoms with Crippen LogP contribution in [0, 0.1) is 6.92 Å². The zero-order valence-corrected chi connectivity index (χ0v) is 12.4. The first kappa shape index (κ1) is 13.9. The highest BCUT2D eigenvalue weighted by molar-refractivity contribution is 7.09. The average molecular weight is 302 g/mol. The molecule has 0 aliphatic rings. The van der Waals surface area contributed by atoms with Gasteiger partial charge in [-0.05, 0) is 30.5 Å². The number of rotatable bonds is 4. The van der Waals surface area contributed by atoms with Gasteiger partial charge >= 0.3 is 5.63 Å². The number of hydrogen-bond donors (Lipinski definition) is 2. The monoisotopic (exact) mass is 302 g/mol. The van der Waals surface area contributed by atoms with E-state index in [1.807, 2.05) is 6.07 Å². The van der Waals surface area contributed by atoms with Gasteiger partial charge in [-0.3, -0.25) is 0 Å².